The van der Waals surface area contributed by atoms with Crippen molar-refractivity contribution in [1.29, 1.82) is 0 Å². The van der Waals surface area contributed by atoms with Crippen molar-refractivity contribution in [2.45, 2.75) is 0 Å². The van der Waals surface area contributed by atoms with Gasteiger partial charge in [0.05, 0.1) is 0 Å². The van der Waals surface area contributed by atoms with Crippen LogP contribution in [0, 0.1) is 0 Å². The Kier molecular flexibility index (Phi) is 3.57. The number of para-hydroxylation sites is 2. The van der Waals surface area contributed by atoms with Gasteiger partial charge in [-0.15, -0.1) is 0 Å². The van der Waals surface area contributed by atoms with E-state index in [0.717, 1.165) is 11.0 Å². The van der Waals surface area contributed by atoms with Crippen LogP contribution in [-0.4, -0.2) is 10.5 Å². The Bertz CT molecular complexity index is 290. The lowest BCUT2D eigenvalue weighted by Crippen LogP contribution is -3.00. The number of rotatable bonds is 0. The van der Waals surface area contributed by atoms with Gasteiger partial charge in [-0.3, -0.25) is 0 Å². The number of halogens is 1. The van der Waals surface area contributed by atoms with E-state index in [-0.39, 0.29) is 17.9 Å². The summed E-state index contributed by atoms with van der Waals surface area (Å²) in [5, 5.41) is 0. The highest BCUT2D eigenvalue weighted by Crippen LogP contribution is 2.01. The molecule has 0 spiro atoms. The van der Waals surface area contributed by atoms with Crippen LogP contribution in [-0.2, 0) is 0 Å². The first-order chi connectivity index (χ1) is 4.47. The first-order valence-corrected chi connectivity index (χ1v) is 2.90. The fourth-order valence-electron chi connectivity index (χ4n) is 0.926. The largest absolute Gasteiger partial charge is 1.00 e. The zero-order valence-electron chi connectivity index (χ0n) is 5.76. The van der Waals surface area contributed by atoms with Crippen molar-refractivity contribution in [2.24, 2.45) is 0 Å². The van der Waals surface area contributed by atoms with Gasteiger partial charge in [0.25, 0.3) is 0 Å². The number of aromatic amines is 2. The average Bonchev–Trinajstić information content (AvgIpc) is 2.33. The Labute approximate surface area is 70.2 Å². The van der Waals surface area contributed by atoms with Crippen molar-refractivity contribution in [3.8, 4) is 0 Å². The molecule has 2 rings (SSSR count). The number of benzene rings is 1. The van der Waals surface area contributed by atoms with Gasteiger partial charge in [-0.2, -0.15) is 0 Å². The van der Waals surface area contributed by atoms with Crippen molar-refractivity contribution < 1.29 is 22.9 Å². The van der Waals surface area contributed by atoms with Crippen LogP contribution in [0.2, 0.25) is 0 Å². The standard InChI is InChI=1S/C7H6N2.ClH.H2O/c1-2-4-7-6(3-1)8-5-9-7;;/h1-5H,(H,8,9);1H;1H2. The Morgan fingerprint density at radius 1 is 1.18 bits per heavy atom. The molecule has 60 valence electrons. The summed E-state index contributed by atoms with van der Waals surface area (Å²) >= 11 is 0. The second-order valence-electron chi connectivity index (χ2n) is 1.98. The lowest BCUT2D eigenvalue weighted by molar-refractivity contribution is -0.344. The van der Waals surface area contributed by atoms with Gasteiger partial charge in [0, 0.05) is 0 Å². The molecule has 0 aliphatic rings. The summed E-state index contributed by atoms with van der Waals surface area (Å²) in [6, 6.07) is 8.08. The van der Waals surface area contributed by atoms with Gasteiger partial charge in [-0.1, -0.05) is 12.1 Å². The molecule has 2 aromatic rings. The van der Waals surface area contributed by atoms with E-state index in [1.807, 2.05) is 30.6 Å². The molecule has 1 aromatic heterocycles. The zero-order valence-corrected chi connectivity index (χ0v) is 6.52. The van der Waals surface area contributed by atoms with E-state index in [4.69, 9.17) is 0 Å². The second-order valence-corrected chi connectivity index (χ2v) is 1.98. The van der Waals surface area contributed by atoms with Crippen molar-refractivity contribution >= 4 is 11.0 Å². The molecule has 4 heteroatoms. The molecule has 1 heterocycles. The molecule has 3 nitrogen and oxygen atoms in total. The van der Waals surface area contributed by atoms with Gasteiger partial charge < -0.3 is 17.9 Å². The summed E-state index contributed by atoms with van der Waals surface area (Å²) in [5.41, 5.74) is 2.30. The zero-order chi connectivity index (χ0) is 6.10. The minimum atomic E-state index is 0. The van der Waals surface area contributed by atoms with Crippen molar-refractivity contribution in [1.82, 2.24) is 4.98 Å². The molecule has 0 amide bonds. The summed E-state index contributed by atoms with van der Waals surface area (Å²) in [7, 11) is 0. The molecule has 4 N–H and O–H groups in total. The highest BCUT2D eigenvalue weighted by Gasteiger charge is 1.95. The third-order valence-electron chi connectivity index (χ3n) is 1.38. The summed E-state index contributed by atoms with van der Waals surface area (Å²) in [6.45, 7) is 0. The number of hydrogen-bond acceptors (Lipinski definition) is 0. The lowest BCUT2D eigenvalue weighted by Gasteiger charge is -1.76. The highest BCUT2D eigenvalue weighted by molar-refractivity contribution is 5.69. The maximum Gasteiger partial charge on any atom is 0.240 e. The molecular formula is C7H9ClN2O. The molecule has 0 bridgehead atoms. The van der Waals surface area contributed by atoms with Crippen LogP contribution in [0.5, 0.6) is 0 Å². The molecule has 0 saturated heterocycles. The van der Waals surface area contributed by atoms with E-state index in [1.165, 1.54) is 0 Å². The molecule has 0 fully saturated rings. The van der Waals surface area contributed by atoms with Gasteiger partial charge >= 0.3 is 0 Å². The molecule has 1 aromatic carbocycles. The van der Waals surface area contributed by atoms with E-state index in [2.05, 4.69) is 9.97 Å². The van der Waals surface area contributed by atoms with Crippen LogP contribution in [0.15, 0.2) is 30.6 Å². The Morgan fingerprint density at radius 3 is 2.64 bits per heavy atom. The summed E-state index contributed by atoms with van der Waals surface area (Å²) in [5.74, 6) is 0. The molecule has 0 aliphatic heterocycles. The highest BCUT2D eigenvalue weighted by atomic mass is 35.5. The predicted molar refractivity (Wildman–Crippen MR) is 38.5 cm³/mol. The number of nitrogens with one attached hydrogen (secondary N) is 2. The first kappa shape index (κ1) is 9.94. The van der Waals surface area contributed by atoms with Crippen LogP contribution < -0.4 is 17.4 Å². The van der Waals surface area contributed by atoms with Crippen molar-refractivity contribution in [3.63, 3.8) is 0 Å². The van der Waals surface area contributed by atoms with E-state index < -0.39 is 0 Å². The van der Waals surface area contributed by atoms with E-state index in [9.17, 15) is 0 Å². The maximum atomic E-state index is 3.06. The molecule has 0 aliphatic carbocycles. The summed E-state index contributed by atoms with van der Waals surface area (Å²) in [4.78, 5) is 6.13. The third kappa shape index (κ3) is 1.69. The molecule has 11 heavy (non-hydrogen) atoms. The van der Waals surface area contributed by atoms with Gasteiger partial charge in [-0.05, 0) is 12.1 Å². The van der Waals surface area contributed by atoms with Crippen molar-refractivity contribution in [3.05, 3.63) is 30.6 Å². The van der Waals surface area contributed by atoms with E-state index in [0.29, 0.717) is 0 Å². The average molecular weight is 173 g/mol. The van der Waals surface area contributed by atoms with E-state index >= 15 is 0 Å². The summed E-state index contributed by atoms with van der Waals surface area (Å²) < 4.78 is 0. The quantitative estimate of drug-likeness (QED) is 0.445. The van der Waals surface area contributed by atoms with Crippen LogP contribution in [0.3, 0.4) is 0 Å². The number of hydrogen-bond donors (Lipinski definition) is 1. The molecule has 0 radical (unpaired) electrons. The fourth-order valence-corrected chi connectivity index (χ4v) is 0.926. The first-order valence-electron chi connectivity index (χ1n) is 2.90. The molecule has 0 saturated carbocycles. The number of aromatic nitrogens is 2. The Morgan fingerprint density at radius 2 is 1.91 bits per heavy atom. The van der Waals surface area contributed by atoms with Gasteiger partial charge in [-0.25, -0.2) is 9.97 Å². The molecular weight excluding hydrogens is 164 g/mol. The number of imidazole rings is 1. The van der Waals surface area contributed by atoms with Crippen LogP contribution in [0.4, 0.5) is 0 Å². The van der Waals surface area contributed by atoms with Crippen LogP contribution >= 0.6 is 0 Å². The maximum absolute atomic E-state index is 3.06. The van der Waals surface area contributed by atoms with Gasteiger partial charge in [0.15, 0.2) is 11.0 Å². The fraction of sp³-hybridized carbons (Fsp3) is 0. The Balaban J connectivity index is 0.000000500. The lowest BCUT2D eigenvalue weighted by atomic mass is 10.3. The minimum Gasteiger partial charge on any atom is -1.00 e. The van der Waals surface area contributed by atoms with Crippen LogP contribution in [0.25, 0.3) is 11.0 Å². The van der Waals surface area contributed by atoms with E-state index in [1.54, 1.807) is 0 Å². The number of fused-ring (bicyclic) bond motifs is 1. The minimum absolute atomic E-state index is 0. The SMILES string of the molecule is O.[Cl-].c1ccc2[nH+]c[nH]c2c1. The van der Waals surface area contributed by atoms with Gasteiger partial charge in [0.2, 0.25) is 6.33 Å². The molecule has 0 atom stereocenters. The smallest absolute Gasteiger partial charge is 0.240 e. The predicted octanol–water partition coefficient (Wildman–Crippen LogP) is -2.84. The normalized spacial score (nSPS) is 8.36. The number of H-pyrrole nitrogens is 2. The Hall–Kier alpha value is -1.06. The second kappa shape index (κ2) is 3.95. The van der Waals surface area contributed by atoms with Gasteiger partial charge in [0.1, 0.15) is 0 Å². The molecule has 0 unspecified atom stereocenters. The summed E-state index contributed by atoms with van der Waals surface area (Å²) in [6.07, 6.45) is 1.82. The topological polar surface area (TPSA) is 61.4 Å². The van der Waals surface area contributed by atoms with Crippen molar-refractivity contribution in [2.75, 3.05) is 0 Å². The third-order valence-corrected chi connectivity index (χ3v) is 1.38. The van der Waals surface area contributed by atoms with Crippen LogP contribution in [0.1, 0.15) is 0 Å². The monoisotopic (exact) mass is 172 g/mol.